The molecule has 1 aliphatic rings. The molecule has 0 spiro atoms. The molecular formula is C17H19N3O3. The van der Waals surface area contributed by atoms with Crippen LogP contribution in [0.3, 0.4) is 0 Å². The molecule has 1 aromatic carbocycles. The van der Waals surface area contributed by atoms with Gasteiger partial charge in [0.25, 0.3) is 5.91 Å². The normalized spacial score (nSPS) is 15.0. The van der Waals surface area contributed by atoms with Crippen LogP contribution in [0, 0.1) is 12.8 Å². The second-order valence-electron chi connectivity index (χ2n) is 5.90. The van der Waals surface area contributed by atoms with E-state index in [1.165, 1.54) is 0 Å². The minimum Gasteiger partial charge on any atom is -0.361 e. The molecule has 23 heavy (non-hydrogen) atoms. The van der Waals surface area contributed by atoms with Crippen LogP contribution in [0.25, 0.3) is 0 Å². The van der Waals surface area contributed by atoms with Crippen LogP contribution in [0.15, 0.2) is 34.9 Å². The van der Waals surface area contributed by atoms with Crippen LogP contribution >= 0.6 is 0 Å². The molecule has 6 nitrogen and oxygen atoms in total. The highest BCUT2D eigenvalue weighted by atomic mass is 16.5. The minimum absolute atomic E-state index is 0.0838. The standard InChI is InChI=1S/C17H19N3O3/c1-10-9-15(20-23-10)17(22)18-11(2)12-5-7-14(8-6-12)19-16(21)13-3-4-13/h5-9,11,13H,3-4H2,1-2H3,(H,18,22)(H,19,21)/t11-/m0/s1. The van der Waals surface area contributed by atoms with Gasteiger partial charge in [0.05, 0.1) is 6.04 Å². The van der Waals surface area contributed by atoms with Crippen molar-refractivity contribution >= 4 is 17.5 Å². The van der Waals surface area contributed by atoms with Gasteiger partial charge in [-0.2, -0.15) is 0 Å². The van der Waals surface area contributed by atoms with E-state index in [0.29, 0.717) is 5.76 Å². The van der Waals surface area contributed by atoms with Crippen molar-refractivity contribution < 1.29 is 14.1 Å². The summed E-state index contributed by atoms with van der Waals surface area (Å²) in [7, 11) is 0. The van der Waals surface area contributed by atoms with E-state index in [2.05, 4.69) is 15.8 Å². The van der Waals surface area contributed by atoms with Gasteiger partial charge in [0.2, 0.25) is 5.91 Å². The Hall–Kier alpha value is -2.63. The van der Waals surface area contributed by atoms with E-state index < -0.39 is 0 Å². The Morgan fingerprint density at radius 3 is 2.52 bits per heavy atom. The molecule has 1 heterocycles. The van der Waals surface area contributed by atoms with Crippen molar-refractivity contribution in [3.63, 3.8) is 0 Å². The molecule has 1 fully saturated rings. The van der Waals surface area contributed by atoms with Crippen LogP contribution in [0.5, 0.6) is 0 Å². The summed E-state index contributed by atoms with van der Waals surface area (Å²) in [6.45, 7) is 3.63. The molecule has 3 rings (SSSR count). The summed E-state index contributed by atoms with van der Waals surface area (Å²) in [5.74, 6) is 0.582. The first-order chi connectivity index (χ1) is 11.0. The molecule has 1 atom stereocenters. The Kier molecular flexibility index (Phi) is 4.14. The highest BCUT2D eigenvalue weighted by Gasteiger charge is 2.29. The topological polar surface area (TPSA) is 84.2 Å². The van der Waals surface area contributed by atoms with E-state index in [9.17, 15) is 9.59 Å². The number of nitrogens with one attached hydrogen (secondary N) is 2. The SMILES string of the molecule is Cc1cc(C(=O)N[C@@H](C)c2ccc(NC(=O)C3CC3)cc2)no1. The molecule has 0 aliphatic heterocycles. The Labute approximate surface area is 134 Å². The van der Waals surface area contributed by atoms with Gasteiger partial charge < -0.3 is 15.2 Å². The average molecular weight is 313 g/mol. The molecule has 1 aromatic heterocycles. The summed E-state index contributed by atoms with van der Waals surface area (Å²) < 4.78 is 4.90. The lowest BCUT2D eigenvalue weighted by atomic mass is 10.1. The fourth-order valence-corrected chi connectivity index (χ4v) is 2.27. The second-order valence-corrected chi connectivity index (χ2v) is 5.90. The maximum atomic E-state index is 12.0. The van der Waals surface area contributed by atoms with E-state index in [1.807, 2.05) is 31.2 Å². The van der Waals surface area contributed by atoms with E-state index in [1.54, 1.807) is 13.0 Å². The summed E-state index contributed by atoms with van der Waals surface area (Å²) in [4.78, 5) is 23.8. The number of aromatic nitrogens is 1. The van der Waals surface area contributed by atoms with E-state index >= 15 is 0 Å². The molecule has 0 radical (unpaired) electrons. The van der Waals surface area contributed by atoms with Gasteiger partial charge in [-0.15, -0.1) is 0 Å². The van der Waals surface area contributed by atoms with Gasteiger partial charge in [0, 0.05) is 17.7 Å². The molecule has 2 N–H and O–H groups in total. The number of hydrogen-bond acceptors (Lipinski definition) is 4. The molecule has 2 amide bonds. The summed E-state index contributed by atoms with van der Waals surface area (Å²) in [6.07, 6.45) is 1.96. The minimum atomic E-state index is -0.277. The fraction of sp³-hybridized carbons (Fsp3) is 0.353. The molecule has 2 aromatic rings. The van der Waals surface area contributed by atoms with Gasteiger partial charge in [0.1, 0.15) is 5.76 Å². The first kappa shape index (κ1) is 15.3. The largest absolute Gasteiger partial charge is 0.361 e. The molecule has 1 aliphatic carbocycles. The average Bonchev–Trinajstić information content (AvgIpc) is 3.29. The summed E-state index contributed by atoms with van der Waals surface area (Å²) in [5.41, 5.74) is 1.99. The van der Waals surface area contributed by atoms with Gasteiger partial charge in [0.15, 0.2) is 5.69 Å². The molecular weight excluding hydrogens is 294 g/mol. The van der Waals surface area contributed by atoms with Crippen molar-refractivity contribution in [1.29, 1.82) is 0 Å². The van der Waals surface area contributed by atoms with Crippen molar-refractivity contribution in [3.8, 4) is 0 Å². The molecule has 1 saturated carbocycles. The van der Waals surface area contributed by atoms with E-state index in [4.69, 9.17) is 4.52 Å². The third-order valence-electron chi connectivity index (χ3n) is 3.83. The molecule has 0 bridgehead atoms. The van der Waals surface area contributed by atoms with Crippen LogP contribution in [-0.4, -0.2) is 17.0 Å². The summed E-state index contributed by atoms with van der Waals surface area (Å²) >= 11 is 0. The van der Waals surface area contributed by atoms with Crippen molar-refractivity contribution in [2.24, 2.45) is 5.92 Å². The first-order valence-corrected chi connectivity index (χ1v) is 7.68. The van der Waals surface area contributed by atoms with Crippen molar-refractivity contribution in [2.75, 3.05) is 5.32 Å². The van der Waals surface area contributed by atoms with Crippen LogP contribution in [-0.2, 0) is 4.79 Å². The molecule has 0 saturated heterocycles. The van der Waals surface area contributed by atoms with Crippen LogP contribution in [0.2, 0.25) is 0 Å². The number of hydrogen-bond donors (Lipinski definition) is 2. The van der Waals surface area contributed by atoms with E-state index in [0.717, 1.165) is 24.1 Å². The third kappa shape index (κ3) is 3.77. The number of carbonyl (C=O) groups is 2. The lowest BCUT2D eigenvalue weighted by molar-refractivity contribution is -0.117. The number of benzene rings is 1. The van der Waals surface area contributed by atoms with Crippen molar-refractivity contribution in [2.45, 2.75) is 32.7 Å². The van der Waals surface area contributed by atoms with Crippen LogP contribution in [0.1, 0.15) is 47.6 Å². The smallest absolute Gasteiger partial charge is 0.273 e. The highest BCUT2D eigenvalue weighted by molar-refractivity contribution is 5.94. The summed E-state index contributed by atoms with van der Waals surface area (Å²) in [6, 6.07) is 8.89. The summed E-state index contributed by atoms with van der Waals surface area (Å²) in [5, 5.41) is 9.45. The number of rotatable bonds is 5. The Balaban J connectivity index is 1.59. The molecule has 0 unspecified atom stereocenters. The van der Waals surface area contributed by atoms with Gasteiger partial charge in [-0.3, -0.25) is 9.59 Å². The van der Waals surface area contributed by atoms with Crippen molar-refractivity contribution in [3.05, 3.63) is 47.3 Å². The Morgan fingerprint density at radius 2 is 1.96 bits per heavy atom. The number of carbonyl (C=O) groups excluding carboxylic acids is 2. The monoisotopic (exact) mass is 313 g/mol. The maximum Gasteiger partial charge on any atom is 0.273 e. The quantitative estimate of drug-likeness (QED) is 0.889. The van der Waals surface area contributed by atoms with E-state index in [-0.39, 0.29) is 29.5 Å². The number of amides is 2. The number of nitrogens with zero attached hydrogens (tertiary/aromatic N) is 1. The predicted octanol–water partition coefficient (Wildman–Crippen LogP) is 2.82. The van der Waals surface area contributed by atoms with Gasteiger partial charge in [-0.25, -0.2) is 0 Å². The van der Waals surface area contributed by atoms with Crippen LogP contribution < -0.4 is 10.6 Å². The Morgan fingerprint density at radius 1 is 1.26 bits per heavy atom. The Bertz CT molecular complexity index is 717. The predicted molar refractivity (Wildman–Crippen MR) is 84.9 cm³/mol. The third-order valence-corrected chi connectivity index (χ3v) is 3.83. The van der Waals surface area contributed by atoms with Gasteiger partial charge in [-0.05, 0) is 44.4 Å². The number of anilines is 1. The number of aryl methyl sites for hydroxylation is 1. The van der Waals surface area contributed by atoms with Gasteiger partial charge >= 0.3 is 0 Å². The zero-order chi connectivity index (χ0) is 16.4. The maximum absolute atomic E-state index is 12.0. The first-order valence-electron chi connectivity index (χ1n) is 7.68. The fourth-order valence-electron chi connectivity index (χ4n) is 2.27. The second kappa shape index (κ2) is 6.24. The zero-order valence-electron chi connectivity index (χ0n) is 13.1. The molecule has 6 heteroatoms. The molecule has 120 valence electrons. The van der Waals surface area contributed by atoms with Crippen LogP contribution in [0.4, 0.5) is 5.69 Å². The van der Waals surface area contributed by atoms with Crippen molar-refractivity contribution in [1.82, 2.24) is 10.5 Å². The lowest BCUT2D eigenvalue weighted by Crippen LogP contribution is -2.26. The lowest BCUT2D eigenvalue weighted by Gasteiger charge is -2.14. The zero-order valence-corrected chi connectivity index (χ0v) is 13.1. The highest BCUT2D eigenvalue weighted by Crippen LogP contribution is 2.30. The van der Waals surface area contributed by atoms with Gasteiger partial charge in [-0.1, -0.05) is 17.3 Å².